The van der Waals surface area contributed by atoms with Crippen molar-refractivity contribution in [2.45, 2.75) is 46.6 Å². The molecule has 39 heavy (non-hydrogen) atoms. The zero-order valence-corrected chi connectivity index (χ0v) is 23.9. The van der Waals surface area contributed by atoms with Crippen LogP contribution in [0.5, 0.6) is 0 Å². The molecular weight excluding hydrogens is 492 g/mol. The van der Waals surface area contributed by atoms with Crippen LogP contribution in [0.25, 0.3) is 11.1 Å². The van der Waals surface area contributed by atoms with Crippen molar-refractivity contribution in [1.29, 1.82) is 0 Å². The van der Waals surface area contributed by atoms with Crippen molar-refractivity contribution >= 4 is 17.4 Å². The van der Waals surface area contributed by atoms with Crippen LogP contribution in [-0.2, 0) is 40.7 Å². The van der Waals surface area contributed by atoms with Gasteiger partial charge in [0.25, 0.3) is 0 Å². The van der Waals surface area contributed by atoms with Crippen LogP contribution in [0.15, 0.2) is 30.6 Å². The van der Waals surface area contributed by atoms with Gasteiger partial charge >= 0.3 is 0 Å². The molecule has 1 fully saturated rings. The van der Waals surface area contributed by atoms with E-state index in [4.69, 9.17) is 14.6 Å². The Balaban J connectivity index is 0.000000332. The van der Waals surface area contributed by atoms with Crippen molar-refractivity contribution in [3.8, 4) is 11.1 Å². The van der Waals surface area contributed by atoms with E-state index in [0.29, 0.717) is 19.1 Å². The van der Waals surface area contributed by atoms with E-state index in [-0.39, 0.29) is 5.91 Å². The Kier molecular flexibility index (Phi) is 8.37. The van der Waals surface area contributed by atoms with E-state index in [1.807, 2.05) is 29.0 Å². The van der Waals surface area contributed by atoms with Gasteiger partial charge in [0.15, 0.2) is 5.82 Å². The van der Waals surface area contributed by atoms with Crippen LogP contribution in [0.1, 0.15) is 44.0 Å². The zero-order valence-electron chi connectivity index (χ0n) is 23.9. The number of hydrogen-bond acceptors (Lipinski definition) is 6. The number of aromatic amines is 1. The number of benzene rings is 1. The highest BCUT2D eigenvalue weighted by molar-refractivity contribution is 5.76. The lowest BCUT2D eigenvalue weighted by atomic mass is 9.90. The SMILES string of the molecule is CC(C)C1CCOC1.COCC1Cc2cc(-c3cnn(C)c3)ccc2N(c2n[nH]c3c2CN(C(C)=O)CC3)C1. The number of ether oxygens (including phenoxy) is 2. The second-order valence-corrected chi connectivity index (χ2v) is 11.4. The number of hydrogen-bond donors (Lipinski definition) is 1. The predicted octanol–water partition coefficient (Wildman–Crippen LogP) is 4.35. The van der Waals surface area contributed by atoms with E-state index in [0.717, 1.165) is 79.2 Å². The van der Waals surface area contributed by atoms with Crippen molar-refractivity contribution in [3.05, 3.63) is 47.4 Å². The molecule has 1 aromatic carbocycles. The molecule has 6 rings (SSSR count). The Morgan fingerprint density at radius 3 is 2.77 bits per heavy atom. The summed E-state index contributed by atoms with van der Waals surface area (Å²) >= 11 is 0. The normalized spacial score (nSPS) is 20.5. The monoisotopic (exact) mass is 534 g/mol. The minimum absolute atomic E-state index is 0.107. The minimum Gasteiger partial charge on any atom is -0.384 e. The molecule has 1 saturated heterocycles. The Morgan fingerprint density at radius 2 is 2.13 bits per heavy atom. The van der Waals surface area contributed by atoms with Gasteiger partial charge in [-0.25, -0.2) is 0 Å². The maximum absolute atomic E-state index is 12.0. The van der Waals surface area contributed by atoms with Gasteiger partial charge in [-0.15, -0.1) is 0 Å². The van der Waals surface area contributed by atoms with Gasteiger partial charge in [0.2, 0.25) is 5.91 Å². The largest absolute Gasteiger partial charge is 0.384 e. The number of carbonyl (C=O) groups is 1. The number of nitrogens with zero attached hydrogens (tertiary/aromatic N) is 5. The second-order valence-electron chi connectivity index (χ2n) is 11.4. The molecule has 9 heteroatoms. The lowest BCUT2D eigenvalue weighted by molar-refractivity contribution is -0.129. The Bertz CT molecular complexity index is 1280. The smallest absolute Gasteiger partial charge is 0.219 e. The molecule has 2 unspecified atom stereocenters. The van der Waals surface area contributed by atoms with Gasteiger partial charge in [-0.2, -0.15) is 10.2 Å². The molecule has 2 aromatic heterocycles. The number of aromatic nitrogens is 4. The van der Waals surface area contributed by atoms with Gasteiger partial charge in [0.1, 0.15) is 0 Å². The summed E-state index contributed by atoms with van der Waals surface area (Å²) in [6.45, 7) is 11.0. The van der Waals surface area contributed by atoms with Crippen LogP contribution >= 0.6 is 0 Å². The van der Waals surface area contributed by atoms with E-state index in [1.54, 1.807) is 14.0 Å². The van der Waals surface area contributed by atoms with E-state index in [2.05, 4.69) is 47.1 Å². The minimum atomic E-state index is 0.107. The van der Waals surface area contributed by atoms with Gasteiger partial charge in [0.05, 0.1) is 19.3 Å². The number of carbonyl (C=O) groups excluding carboxylic acids is 1. The Labute approximate surface area is 231 Å². The number of anilines is 2. The number of nitrogens with one attached hydrogen (secondary N) is 1. The summed E-state index contributed by atoms with van der Waals surface area (Å²) in [5, 5.41) is 12.2. The molecule has 1 amide bonds. The summed E-state index contributed by atoms with van der Waals surface area (Å²) in [7, 11) is 3.69. The van der Waals surface area contributed by atoms with E-state index in [9.17, 15) is 4.79 Å². The first-order valence-electron chi connectivity index (χ1n) is 14.1. The summed E-state index contributed by atoms with van der Waals surface area (Å²) in [6, 6.07) is 6.61. The fraction of sp³-hybridized carbons (Fsp3) is 0.567. The van der Waals surface area contributed by atoms with E-state index < -0.39 is 0 Å². The van der Waals surface area contributed by atoms with Crippen molar-refractivity contribution in [2.75, 3.05) is 44.9 Å². The maximum Gasteiger partial charge on any atom is 0.219 e. The van der Waals surface area contributed by atoms with Gasteiger partial charge < -0.3 is 19.3 Å². The van der Waals surface area contributed by atoms with Crippen molar-refractivity contribution in [3.63, 3.8) is 0 Å². The molecule has 3 aliphatic rings. The van der Waals surface area contributed by atoms with Gasteiger partial charge in [0, 0.05) is 88.4 Å². The first kappa shape index (κ1) is 27.4. The summed E-state index contributed by atoms with van der Waals surface area (Å²) in [6.07, 6.45) is 6.98. The van der Waals surface area contributed by atoms with E-state index >= 15 is 0 Å². The van der Waals surface area contributed by atoms with E-state index in [1.165, 1.54) is 17.7 Å². The molecular formula is C30H42N6O3. The van der Waals surface area contributed by atoms with Gasteiger partial charge in [-0.3, -0.25) is 14.6 Å². The molecule has 9 nitrogen and oxygen atoms in total. The zero-order chi connectivity index (χ0) is 27.5. The molecule has 210 valence electrons. The van der Waals surface area contributed by atoms with Crippen LogP contribution < -0.4 is 4.90 Å². The molecule has 0 bridgehead atoms. The average Bonchev–Trinajstić information content (AvgIpc) is 3.69. The highest BCUT2D eigenvalue weighted by Crippen LogP contribution is 2.40. The standard InChI is InChI=1S/C23H28N6O2.C7H14O/c1-15(30)28-7-6-21-20(13-28)23(26-25-21)29-11-16(14-31-3)8-18-9-17(4-5-22(18)29)19-10-24-27(2)12-19;1-6(2)7-3-4-8-5-7/h4-5,9-10,12,16H,6-8,11,13-14H2,1-3H3,(H,25,26);6-7H,3-5H2,1-2H3. The molecule has 0 aliphatic carbocycles. The number of aryl methyl sites for hydroxylation is 1. The number of fused-ring (bicyclic) bond motifs is 2. The summed E-state index contributed by atoms with van der Waals surface area (Å²) in [5.74, 6) is 3.06. The van der Waals surface area contributed by atoms with Crippen molar-refractivity contribution in [2.24, 2.45) is 24.8 Å². The third-order valence-corrected chi connectivity index (χ3v) is 8.28. The lowest BCUT2D eigenvalue weighted by Gasteiger charge is -2.36. The molecule has 1 N–H and O–H groups in total. The van der Waals surface area contributed by atoms with Crippen LogP contribution in [0.4, 0.5) is 11.5 Å². The number of rotatable bonds is 5. The number of H-pyrrole nitrogens is 1. The highest BCUT2D eigenvalue weighted by Gasteiger charge is 2.32. The highest BCUT2D eigenvalue weighted by atomic mass is 16.5. The van der Waals surface area contributed by atoms with Crippen LogP contribution in [0.2, 0.25) is 0 Å². The predicted molar refractivity (Wildman–Crippen MR) is 152 cm³/mol. The number of amides is 1. The summed E-state index contributed by atoms with van der Waals surface area (Å²) < 4.78 is 12.6. The quantitative estimate of drug-likeness (QED) is 0.524. The third kappa shape index (κ3) is 6.04. The van der Waals surface area contributed by atoms with Gasteiger partial charge in [-0.05, 0) is 47.9 Å². The van der Waals surface area contributed by atoms with Crippen molar-refractivity contribution < 1.29 is 14.3 Å². The molecule has 0 radical (unpaired) electrons. The first-order valence-corrected chi connectivity index (χ1v) is 14.1. The molecule has 0 saturated carbocycles. The topological polar surface area (TPSA) is 88.5 Å². The molecule has 2 atom stereocenters. The summed E-state index contributed by atoms with van der Waals surface area (Å²) in [4.78, 5) is 16.2. The maximum atomic E-state index is 12.0. The average molecular weight is 535 g/mol. The van der Waals surface area contributed by atoms with Crippen LogP contribution in [0.3, 0.4) is 0 Å². The Hall–Kier alpha value is -3.17. The molecule has 3 aromatic rings. The lowest BCUT2D eigenvalue weighted by Crippen LogP contribution is -2.37. The third-order valence-electron chi connectivity index (χ3n) is 8.28. The fourth-order valence-electron chi connectivity index (χ4n) is 5.89. The molecule has 0 spiro atoms. The molecule has 3 aliphatic heterocycles. The van der Waals surface area contributed by atoms with Crippen molar-refractivity contribution in [1.82, 2.24) is 24.9 Å². The van der Waals surface area contributed by atoms with Crippen LogP contribution in [-0.4, -0.2) is 70.8 Å². The summed E-state index contributed by atoms with van der Waals surface area (Å²) in [5.41, 5.74) is 6.99. The number of methoxy groups -OCH3 is 1. The molecule has 5 heterocycles. The Morgan fingerprint density at radius 1 is 1.28 bits per heavy atom. The van der Waals surface area contributed by atoms with Gasteiger partial charge in [-0.1, -0.05) is 19.9 Å². The van der Waals surface area contributed by atoms with Crippen LogP contribution in [0, 0.1) is 17.8 Å². The first-order chi connectivity index (χ1) is 18.8. The fourth-order valence-corrected chi connectivity index (χ4v) is 5.89. The second kappa shape index (κ2) is 11.9.